The third-order valence-corrected chi connectivity index (χ3v) is 7.03. The number of aromatic nitrogens is 2. The molecule has 1 aromatic heterocycles. The summed E-state index contributed by atoms with van der Waals surface area (Å²) in [6, 6.07) is 6.02. The zero-order valence-electron chi connectivity index (χ0n) is 15.9. The molecule has 0 unspecified atom stereocenters. The molecule has 170 valence electrons. The van der Waals surface area contributed by atoms with E-state index in [-0.39, 0.29) is 22.4 Å². The van der Waals surface area contributed by atoms with Crippen LogP contribution in [0.3, 0.4) is 0 Å². The summed E-state index contributed by atoms with van der Waals surface area (Å²) in [7, 11) is -4.27. The van der Waals surface area contributed by atoms with Crippen molar-refractivity contribution >= 4 is 44.0 Å². The van der Waals surface area contributed by atoms with Gasteiger partial charge in [0.25, 0.3) is 10.0 Å². The van der Waals surface area contributed by atoms with Crippen LogP contribution in [0, 0.1) is 5.82 Å². The topological polar surface area (TPSA) is 84.4 Å². The Morgan fingerprint density at radius 1 is 1.25 bits per heavy atom. The van der Waals surface area contributed by atoms with Gasteiger partial charge in [-0.2, -0.15) is 4.37 Å². The molecule has 3 aromatic rings. The largest absolute Gasteiger partial charge is 0.573 e. The van der Waals surface area contributed by atoms with E-state index in [1.54, 1.807) is 4.90 Å². The average molecular weight is 509 g/mol. The van der Waals surface area contributed by atoms with Crippen molar-refractivity contribution < 1.29 is 30.7 Å². The molecule has 1 aliphatic heterocycles. The van der Waals surface area contributed by atoms with Crippen molar-refractivity contribution in [2.45, 2.75) is 24.2 Å². The fourth-order valence-electron chi connectivity index (χ4n) is 3.30. The van der Waals surface area contributed by atoms with Gasteiger partial charge in [0.05, 0.1) is 0 Å². The molecule has 1 aliphatic rings. The molecule has 0 spiro atoms. The van der Waals surface area contributed by atoms with Gasteiger partial charge in [0, 0.05) is 35.3 Å². The Hall–Kier alpha value is -2.64. The Morgan fingerprint density at radius 2 is 2.03 bits per heavy atom. The minimum absolute atomic E-state index is 0.0212. The van der Waals surface area contributed by atoms with Crippen molar-refractivity contribution in [2.24, 2.45) is 0 Å². The second-order valence-electron chi connectivity index (χ2n) is 6.74. The number of hydrogen-bond donors (Lipinski definition) is 1. The molecule has 2 heterocycles. The van der Waals surface area contributed by atoms with Crippen molar-refractivity contribution in [1.29, 1.82) is 0 Å². The van der Waals surface area contributed by atoms with Crippen LogP contribution < -0.4 is 14.4 Å². The molecule has 0 amide bonds. The molecule has 4 rings (SSSR count). The fraction of sp³-hybridized carbons (Fsp3) is 0.222. The standard InChI is InChI=1S/C18H13ClF4N4O3S2/c19-13-7-16(32(28,29)26-17-24-9-25-31-17)14(20)6-11(13)8-27-4-3-10-5-12(1-2-15(10)27)30-18(21,22)23/h1-2,5-7,9H,3-4,8H2,(H,24,25,26). The van der Waals surface area contributed by atoms with Crippen molar-refractivity contribution in [3.05, 3.63) is 58.6 Å². The molecule has 2 aromatic carbocycles. The third kappa shape index (κ3) is 4.89. The highest BCUT2D eigenvalue weighted by atomic mass is 35.5. The molecule has 0 bridgehead atoms. The van der Waals surface area contributed by atoms with E-state index >= 15 is 0 Å². The predicted octanol–water partition coefficient (Wildman–Crippen LogP) is 4.59. The van der Waals surface area contributed by atoms with Gasteiger partial charge >= 0.3 is 6.36 Å². The third-order valence-electron chi connectivity index (χ3n) is 4.61. The maximum absolute atomic E-state index is 14.7. The van der Waals surface area contributed by atoms with E-state index in [4.69, 9.17) is 11.6 Å². The first-order valence-corrected chi connectivity index (χ1v) is 11.6. The van der Waals surface area contributed by atoms with Gasteiger partial charge < -0.3 is 9.64 Å². The molecule has 14 heteroatoms. The van der Waals surface area contributed by atoms with Gasteiger partial charge in [-0.15, -0.1) is 13.2 Å². The lowest BCUT2D eigenvalue weighted by molar-refractivity contribution is -0.274. The minimum atomic E-state index is -4.79. The van der Waals surface area contributed by atoms with E-state index in [0.717, 1.165) is 30.0 Å². The first kappa shape index (κ1) is 22.6. The summed E-state index contributed by atoms with van der Waals surface area (Å²) >= 11 is 7.03. The number of sulfonamides is 1. The maximum Gasteiger partial charge on any atom is 0.573 e. The van der Waals surface area contributed by atoms with Crippen LogP contribution in [0.4, 0.5) is 28.4 Å². The van der Waals surface area contributed by atoms with Gasteiger partial charge in [-0.3, -0.25) is 4.72 Å². The molecule has 0 atom stereocenters. The van der Waals surface area contributed by atoms with E-state index in [1.165, 1.54) is 18.2 Å². The highest BCUT2D eigenvalue weighted by Crippen LogP contribution is 2.35. The summed E-state index contributed by atoms with van der Waals surface area (Å²) in [4.78, 5) is 4.86. The first-order valence-electron chi connectivity index (χ1n) is 8.93. The van der Waals surface area contributed by atoms with Gasteiger partial charge in [0.1, 0.15) is 22.8 Å². The molecular formula is C18H13ClF4N4O3S2. The van der Waals surface area contributed by atoms with Crippen LogP contribution in [0.25, 0.3) is 0 Å². The molecule has 0 radical (unpaired) electrons. The zero-order chi connectivity index (χ0) is 23.1. The quantitative estimate of drug-likeness (QED) is 0.490. The maximum atomic E-state index is 14.7. The molecule has 0 aliphatic carbocycles. The molecule has 1 N–H and O–H groups in total. The van der Waals surface area contributed by atoms with E-state index < -0.39 is 27.1 Å². The number of alkyl halides is 3. The smallest absolute Gasteiger partial charge is 0.406 e. The lowest BCUT2D eigenvalue weighted by Crippen LogP contribution is -2.21. The van der Waals surface area contributed by atoms with Crippen molar-refractivity contribution in [1.82, 2.24) is 9.36 Å². The summed E-state index contributed by atoms with van der Waals surface area (Å²) < 4.78 is 86.6. The lowest BCUT2D eigenvalue weighted by Gasteiger charge is -2.21. The zero-order valence-corrected chi connectivity index (χ0v) is 18.2. The van der Waals surface area contributed by atoms with Crippen molar-refractivity contribution in [3.63, 3.8) is 0 Å². The molecule has 32 heavy (non-hydrogen) atoms. The van der Waals surface area contributed by atoms with Crippen LogP contribution in [-0.2, 0) is 23.0 Å². The van der Waals surface area contributed by atoms with Crippen LogP contribution in [0.5, 0.6) is 5.75 Å². The number of nitrogens with zero attached hydrogens (tertiary/aromatic N) is 3. The molecule has 0 fully saturated rings. The van der Waals surface area contributed by atoms with Crippen LogP contribution in [-0.4, -0.2) is 30.7 Å². The monoisotopic (exact) mass is 508 g/mol. The minimum Gasteiger partial charge on any atom is -0.406 e. The molecular weight excluding hydrogens is 496 g/mol. The second-order valence-corrected chi connectivity index (χ2v) is 9.57. The highest BCUT2D eigenvalue weighted by molar-refractivity contribution is 7.93. The van der Waals surface area contributed by atoms with Gasteiger partial charge in [0.15, 0.2) is 0 Å². The van der Waals surface area contributed by atoms with E-state index in [1.807, 2.05) is 0 Å². The number of anilines is 2. The van der Waals surface area contributed by atoms with Crippen LogP contribution in [0.1, 0.15) is 11.1 Å². The van der Waals surface area contributed by atoms with Crippen molar-refractivity contribution in [3.8, 4) is 5.75 Å². The molecule has 0 saturated heterocycles. The predicted molar refractivity (Wildman–Crippen MR) is 110 cm³/mol. The van der Waals surface area contributed by atoms with Gasteiger partial charge in [-0.05, 0) is 47.9 Å². The number of rotatable bonds is 6. The Kier molecular flexibility index (Phi) is 5.90. The Balaban J connectivity index is 1.55. The van der Waals surface area contributed by atoms with Gasteiger partial charge in [-0.1, -0.05) is 11.6 Å². The summed E-state index contributed by atoms with van der Waals surface area (Å²) in [6.07, 6.45) is -3.17. The van der Waals surface area contributed by atoms with E-state index in [2.05, 4.69) is 18.8 Å². The summed E-state index contributed by atoms with van der Waals surface area (Å²) in [5.41, 5.74) is 1.62. The number of fused-ring (bicyclic) bond motifs is 1. The molecule has 7 nitrogen and oxygen atoms in total. The highest BCUT2D eigenvalue weighted by Gasteiger charge is 2.32. The van der Waals surface area contributed by atoms with E-state index in [9.17, 15) is 26.0 Å². The van der Waals surface area contributed by atoms with Crippen LogP contribution in [0.2, 0.25) is 5.02 Å². The summed E-state index contributed by atoms with van der Waals surface area (Å²) in [6.45, 7) is 0.591. The number of hydrogen-bond acceptors (Lipinski definition) is 7. The molecule has 0 saturated carbocycles. The van der Waals surface area contributed by atoms with Gasteiger partial charge in [0.2, 0.25) is 5.13 Å². The fourth-order valence-corrected chi connectivity index (χ4v) is 5.33. The number of ether oxygens (including phenoxy) is 1. The second kappa shape index (κ2) is 8.37. The number of nitrogens with one attached hydrogen (secondary N) is 1. The normalized spacial score (nSPS) is 13.8. The van der Waals surface area contributed by atoms with E-state index in [0.29, 0.717) is 29.8 Å². The van der Waals surface area contributed by atoms with Crippen LogP contribution >= 0.6 is 23.1 Å². The Labute approximate surface area is 188 Å². The first-order chi connectivity index (χ1) is 15.0. The van der Waals surface area contributed by atoms with Crippen molar-refractivity contribution in [2.75, 3.05) is 16.2 Å². The lowest BCUT2D eigenvalue weighted by atomic mass is 10.1. The Bertz CT molecular complexity index is 1250. The van der Waals surface area contributed by atoms with Gasteiger partial charge in [-0.25, -0.2) is 17.8 Å². The van der Waals surface area contributed by atoms with Crippen LogP contribution in [0.15, 0.2) is 41.6 Å². The SMILES string of the molecule is O=S(=O)(Nc1ncns1)c1cc(Cl)c(CN2CCc3cc(OC(F)(F)F)ccc32)cc1F. The Morgan fingerprint density at radius 3 is 2.72 bits per heavy atom. The average Bonchev–Trinajstić information content (AvgIpc) is 3.32. The summed E-state index contributed by atoms with van der Waals surface area (Å²) in [5, 5.41) is 0.00154. The number of benzene rings is 2. The number of halogens is 5. The summed E-state index contributed by atoms with van der Waals surface area (Å²) in [5.74, 6) is -1.32.